The van der Waals surface area contributed by atoms with Crippen molar-refractivity contribution in [3.63, 3.8) is 0 Å². The SMILES string of the molecule is CN=C(NCC1(c2cccc(Br)c2)CC1)NC1CC=CC1. The normalized spacial score (nSPS) is 20.6. The van der Waals surface area contributed by atoms with Gasteiger partial charge in [-0.2, -0.15) is 0 Å². The van der Waals surface area contributed by atoms with Gasteiger partial charge in [-0.3, -0.25) is 4.99 Å². The van der Waals surface area contributed by atoms with Crippen molar-refractivity contribution in [1.29, 1.82) is 0 Å². The molecule has 0 atom stereocenters. The van der Waals surface area contributed by atoms with Crippen LogP contribution in [0.4, 0.5) is 0 Å². The first-order valence-corrected chi connectivity index (χ1v) is 8.39. The first-order valence-electron chi connectivity index (χ1n) is 7.60. The Balaban J connectivity index is 1.58. The third kappa shape index (κ3) is 3.49. The molecular formula is C17H22BrN3. The monoisotopic (exact) mass is 347 g/mol. The smallest absolute Gasteiger partial charge is 0.191 e. The molecule has 1 aromatic carbocycles. The zero-order valence-corrected chi connectivity index (χ0v) is 14.0. The number of benzene rings is 1. The predicted octanol–water partition coefficient (Wildman–Crippen LogP) is 3.36. The molecule has 0 aliphatic heterocycles. The van der Waals surface area contributed by atoms with Crippen LogP contribution in [0, 0.1) is 0 Å². The van der Waals surface area contributed by atoms with Crippen LogP contribution in [-0.2, 0) is 5.41 Å². The molecule has 3 nitrogen and oxygen atoms in total. The minimum absolute atomic E-state index is 0.287. The van der Waals surface area contributed by atoms with Gasteiger partial charge in [0, 0.05) is 29.5 Å². The summed E-state index contributed by atoms with van der Waals surface area (Å²) < 4.78 is 1.16. The van der Waals surface area contributed by atoms with Gasteiger partial charge in [-0.15, -0.1) is 0 Å². The summed E-state index contributed by atoms with van der Waals surface area (Å²) in [6.07, 6.45) is 9.15. The van der Waals surface area contributed by atoms with Crippen molar-refractivity contribution >= 4 is 21.9 Å². The van der Waals surface area contributed by atoms with Crippen LogP contribution in [0.2, 0.25) is 0 Å². The fourth-order valence-electron chi connectivity index (χ4n) is 2.91. The second kappa shape index (κ2) is 6.22. The summed E-state index contributed by atoms with van der Waals surface area (Å²) in [4.78, 5) is 4.35. The fourth-order valence-corrected chi connectivity index (χ4v) is 3.31. The van der Waals surface area contributed by atoms with E-state index in [4.69, 9.17) is 0 Å². The van der Waals surface area contributed by atoms with Crippen LogP contribution in [0.3, 0.4) is 0 Å². The van der Waals surface area contributed by atoms with Gasteiger partial charge >= 0.3 is 0 Å². The molecule has 0 spiro atoms. The lowest BCUT2D eigenvalue weighted by Gasteiger charge is -2.21. The summed E-state index contributed by atoms with van der Waals surface area (Å²) in [5, 5.41) is 7.01. The van der Waals surface area contributed by atoms with Gasteiger partial charge in [-0.05, 0) is 43.4 Å². The lowest BCUT2D eigenvalue weighted by Crippen LogP contribution is -2.45. The largest absolute Gasteiger partial charge is 0.356 e. The minimum Gasteiger partial charge on any atom is -0.356 e. The van der Waals surface area contributed by atoms with E-state index >= 15 is 0 Å². The van der Waals surface area contributed by atoms with E-state index in [2.05, 4.69) is 68.0 Å². The Bertz CT molecular complexity index is 553. The lowest BCUT2D eigenvalue weighted by molar-refractivity contribution is 0.605. The molecule has 4 heteroatoms. The molecule has 0 aromatic heterocycles. The van der Waals surface area contributed by atoms with E-state index in [1.807, 2.05) is 7.05 Å². The van der Waals surface area contributed by atoms with Crippen molar-refractivity contribution in [3.05, 3.63) is 46.5 Å². The molecule has 0 unspecified atom stereocenters. The van der Waals surface area contributed by atoms with E-state index in [9.17, 15) is 0 Å². The quantitative estimate of drug-likeness (QED) is 0.497. The molecule has 0 radical (unpaired) electrons. The molecule has 1 aromatic rings. The maximum Gasteiger partial charge on any atom is 0.191 e. The average Bonchev–Trinajstić information content (AvgIpc) is 3.12. The van der Waals surface area contributed by atoms with Gasteiger partial charge in [0.05, 0.1) is 0 Å². The number of nitrogens with zero attached hydrogens (tertiary/aromatic N) is 1. The molecule has 1 fully saturated rings. The molecule has 21 heavy (non-hydrogen) atoms. The van der Waals surface area contributed by atoms with Gasteiger partial charge in [0.2, 0.25) is 0 Å². The van der Waals surface area contributed by atoms with Gasteiger partial charge in [0.25, 0.3) is 0 Å². The van der Waals surface area contributed by atoms with Gasteiger partial charge in [-0.1, -0.05) is 40.2 Å². The van der Waals surface area contributed by atoms with Crippen molar-refractivity contribution in [2.75, 3.05) is 13.6 Å². The summed E-state index contributed by atoms with van der Waals surface area (Å²) >= 11 is 3.57. The molecule has 2 aliphatic rings. The van der Waals surface area contributed by atoms with Gasteiger partial charge in [-0.25, -0.2) is 0 Å². The van der Waals surface area contributed by atoms with E-state index in [1.54, 1.807) is 0 Å². The Morgan fingerprint density at radius 2 is 2.10 bits per heavy atom. The summed E-state index contributed by atoms with van der Waals surface area (Å²) in [5.74, 6) is 0.921. The first kappa shape index (κ1) is 14.6. The van der Waals surface area contributed by atoms with E-state index in [-0.39, 0.29) is 5.41 Å². The standard InChI is InChI=1S/C17H22BrN3/c1-19-16(21-15-7-2-3-8-15)20-12-17(9-10-17)13-5-4-6-14(18)11-13/h2-6,11,15H,7-10,12H2,1H3,(H2,19,20,21). The highest BCUT2D eigenvalue weighted by molar-refractivity contribution is 9.10. The lowest BCUT2D eigenvalue weighted by atomic mass is 9.96. The van der Waals surface area contributed by atoms with Crippen molar-refractivity contribution in [2.45, 2.75) is 37.1 Å². The summed E-state index contributed by atoms with van der Waals surface area (Å²) in [5.41, 5.74) is 1.71. The third-order valence-corrected chi connectivity index (χ3v) is 4.95. The molecule has 112 valence electrons. The van der Waals surface area contributed by atoms with Crippen LogP contribution in [0.1, 0.15) is 31.2 Å². The van der Waals surface area contributed by atoms with E-state index in [1.165, 1.54) is 18.4 Å². The van der Waals surface area contributed by atoms with Crippen LogP contribution >= 0.6 is 15.9 Å². The van der Waals surface area contributed by atoms with Crippen LogP contribution in [-0.4, -0.2) is 25.6 Å². The van der Waals surface area contributed by atoms with Gasteiger partial charge < -0.3 is 10.6 Å². The number of hydrogen-bond donors (Lipinski definition) is 2. The highest BCUT2D eigenvalue weighted by Gasteiger charge is 2.44. The van der Waals surface area contributed by atoms with Gasteiger partial charge in [0.1, 0.15) is 0 Å². The highest BCUT2D eigenvalue weighted by Crippen LogP contribution is 2.48. The Morgan fingerprint density at radius 1 is 1.33 bits per heavy atom. The molecular weight excluding hydrogens is 326 g/mol. The Labute approximate surface area is 135 Å². The Kier molecular flexibility index (Phi) is 4.34. The number of nitrogens with one attached hydrogen (secondary N) is 2. The first-order chi connectivity index (χ1) is 10.2. The molecule has 0 saturated heterocycles. The number of hydrogen-bond acceptors (Lipinski definition) is 1. The maximum absolute atomic E-state index is 4.35. The van der Waals surface area contributed by atoms with E-state index in [0.717, 1.165) is 29.8 Å². The molecule has 2 aliphatic carbocycles. The van der Waals surface area contributed by atoms with Crippen LogP contribution in [0.25, 0.3) is 0 Å². The Morgan fingerprint density at radius 3 is 2.71 bits per heavy atom. The second-order valence-corrected chi connectivity index (χ2v) is 6.92. The number of halogens is 1. The number of aliphatic imine (C=N–C) groups is 1. The average molecular weight is 348 g/mol. The third-order valence-electron chi connectivity index (χ3n) is 4.46. The Hall–Kier alpha value is -1.29. The number of guanidine groups is 1. The zero-order chi connectivity index (χ0) is 14.7. The molecule has 3 rings (SSSR count). The second-order valence-electron chi connectivity index (χ2n) is 6.00. The number of rotatable bonds is 4. The van der Waals surface area contributed by atoms with Crippen molar-refractivity contribution in [3.8, 4) is 0 Å². The predicted molar refractivity (Wildman–Crippen MR) is 91.7 cm³/mol. The van der Waals surface area contributed by atoms with Crippen LogP contribution in [0.5, 0.6) is 0 Å². The van der Waals surface area contributed by atoms with Crippen molar-refractivity contribution < 1.29 is 0 Å². The molecule has 0 bridgehead atoms. The van der Waals surface area contributed by atoms with Crippen LogP contribution < -0.4 is 10.6 Å². The van der Waals surface area contributed by atoms with Crippen molar-refractivity contribution in [1.82, 2.24) is 10.6 Å². The van der Waals surface area contributed by atoms with Crippen LogP contribution in [0.15, 0.2) is 45.9 Å². The molecule has 0 heterocycles. The van der Waals surface area contributed by atoms with E-state index in [0.29, 0.717) is 6.04 Å². The molecule has 0 amide bonds. The summed E-state index contributed by atoms with van der Waals surface area (Å²) in [6.45, 7) is 0.948. The zero-order valence-electron chi connectivity index (χ0n) is 12.4. The van der Waals surface area contributed by atoms with Gasteiger partial charge in [0.15, 0.2) is 5.96 Å². The maximum atomic E-state index is 4.35. The minimum atomic E-state index is 0.287. The molecule has 2 N–H and O–H groups in total. The summed E-state index contributed by atoms with van der Waals surface area (Å²) in [6, 6.07) is 9.18. The van der Waals surface area contributed by atoms with E-state index < -0.39 is 0 Å². The fraction of sp³-hybridized carbons (Fsp3) is 0.471. The summed E-state index contributed by atoms with van der Waals surface area (Å²) in [7, 11) is 1.84. The van der Waals surface area contributed by atoms with Crippen molar-refractivity contribution in [2.24, 2.45) is 4.99 Å². The topological polar surface area (TPSA) is 36.4 Å². The highest BCUT2D eigenvalue weighted by atomic mass is 79.9. The molecule has 1 saturated carbocycles.